The predicted molar refractivity (Wildman–Crippen MR) is 104 cm³/mol. The van der Waals surface area contributed by atoms with Crippen molar-refractivity contribution in [2.45, 2.75) is 6.92 Å². The number of ether oxygens (including phenoxy) is 3. The van der Waals surface area contributed by atoms with Crippen LogP contribution in [-0.4, -0.2) is 32.4 Å². The molecule has 28 heavy (non-hydrogen) atoms. The summed E-state index contributed by atoms with van der Waals surface area (Å²) >= 11 is 0. The second kappa shape index (κ2) is 11.3. The Morgan fingerprint density at radius 1 is 0.964 bits per heavy atom. The number of hydrogen-bond donors (Lipinski definition) is 0. The van der Waals surface area contributed by atoms with Gasteiger partial charge in [-0.25, -0.2) is 4.79 Å². The van der Waals surface area contributed by atoms with Crippen LogP contribution < -0.4 is 4.74 Å². The number of hydrogen-bond acceptors (Lipinski definition) is 7. The molecule has 0 atom stereocenters. The summed E-state index contributed by atoms with van der Waals surface area (Å²) in [6, 6.07) is 16.1. The summed E-state index contributed by atoms with van der Waals surface area (Å²) in [5, 5.41) is 17.0. The van der Waals surface area contributed by atoms with Crippen molar-refractivity contribution in [2.75, 3.05) is 26.4 Å². The van der Waals surface area contributed by atoms with Crippen LogP contribution in [-0.2, 0) is 14.3 Å². The molecule has 0 heterocycles. The first-order valence-electron chi connectivity index (χ1n) is 8.63. The highest BCUT2D eigenvalue weighted by Crippen LogP contribution is 2.21. The van der Waals surface area contributed by atoms with Gasteiger partial charge >= 0.3 is 5.97 Å². The Labute approximate surface area is 163 Å². The molecule has 0 saturated carbocycles. The lowest BCUT2D eigenvalue weighted by Crippen LogP contribution is -2.13. The molecule has 144 valence electrons. The van der Waals surface area contributed by atoms with E-state index in [1.54, 1.807) is 55.5 Å². The maximum atomic E-state index is 11.2. The summed E-state index contributed by atoms with van der Waals surface area (Å²) < 4.78 is 15.8. The SMILES string of the molecule is C=C(C)C(=O)OCCOCCOc1ccc(N=Nc2ccc(C#N)cc2)cc1. The molecule has 0 fully saturated rings. The molecule has 0 spiro atoms. The average Bonchev–Trinajstić information content (AvgIpc) is 2.72. The summed E-state index contributed by atoms with van der Waals surface area (Å²) in [6.45, 7) is 6.33. The highest BCUT2D eigenvalue weighted by Gasteiger charge is 2.02. The predicted octanol–water partition coefficient (Wildman–Crippen LogP) is 4.49. The van der Waals surface area contributed by atoms with Gasteiger partial charge < -0.3 is 14.2 Å². The van der Waals surface area contributed by atoms with E-state index in [1.165, 1.54) is 0 Å². The third kappa shape index (κ3) is 7.40. The van der Waals surface area contributed by atoms with E-state index in [2.05, 4.69) is 22.9 Å². The van der Waals surface area contributed by atoms with Gasteiger partial charge in [0, 0.05) is 5.57 Å². The maximum Gasteiger partial charge on any atom is 0.333 e. The second-order valence-corrected chi connectivity index (χ2v) is 5.73. The fraction of sp³-hybridized carbons (Fsp3) is 0.238. The van der Waals surface area contributed by atoms with Crippen LogP contribution in [0.15, 0.2) is 70.9 Å². The van der Waals surface area contributed by atoms with E-state index in [1.807, 2.05) is 0 Å². The van der Waals surface area contributed by atoms with Gasteiger partial charge in [-0.05, 0) is 55.5 Å². The third-order valence-corrected chi connectivity index (χ3v) is 3.42. The smallest absolute Gasteiger partial charge is 0.333 e. The monoisotopic (exact) mass is 379 g/mol. The van der Waals surface area contributed by atoms with E-state index < -0.39 is 5.97 Å². The van der Waals surface area contributed by atoms with Crippen molar-refractivity contribution < 1.29 is 19.0 Å². The molecule has 2 rings (SSSR count). The number of esters is 1. The third-order valence-electron chi connectivity index (χ3n) is 3.42. The van der Waals surface area contributed by atoms with Crippen molar-refractivity contribution in [1.29, 1.82) is 5.26 Å². The Balaban J connectivity index is 1.67. The summed E-state index contributed by atoms with van der Waals surface area (Å²) in [5.74, 6) is 0.269. The van der Waals surface area contributed by atoms with E-state index in [4.69, 9.17) is 19.5 Å². The minimum absolute atomic E-state index is 0.185. The molecule has 2 aromatic carbocycles. The molecule has 7 heteroatoms. The molecule has 0 aliphatic carbocycles. The number of azo groups is 1. The lowest BCUT2D eigenvalue weighted by atomic mass is 10.2. The van der Waals surface area contributed by atoms with Gasteiger partial charge in [0.2, 0.25) is 0 Å². The molecule has 0 unspecified atom stereocenters. The normalized spacial score (nSPS) is 10.4. The standard InChI is InChI=1S/C21H21N3O4/c1-16(2)21(25)28-14-12-26-11-13-27-20-9-7-19(8-10-20)24-23-18-5-3-17(15-22)4-6-18/h3-10H,1,11-14H2,2H3. The minimum atomic E-state index is -0.420. The number of rotatable bonds is 10. The Morgan fingerprint density at radius 2 is 1.54 bits per heavy atom. The van der Waals surface area contributed by atoms with E-state index in [-0.39, 0.29) is 6.61 Å². The summed E-state index contributed by atoms with van der Waals surface area (Å²) in [6.07, 6.45) is 0. The highest BCUT2D eigenvalue weighted by atomic mass is 16.6. The van der Waals surface area contributed by atoms with Crippen LogP contribution in [0, 0.1) is 11.3 Å². The summed E-state index contributed by atoms with van der Waals surface area (Å²) in [7, 11) is 0. The quantitative estimate of drug-likeness (QED) is 0.262. The van der Waals surface area contributed by atoms with Gasteiger partial charge in [-0.3, -0.25) is 0 Å². The van der Waals surface area contributed by atoms with E-state index in [0.717, 1.165) is 0 Å². The van der Waals surface area contributed by atoms with Gasteiger partial charge in [0.25, 0.3) is 0 Å². The van der Waals surface area contributed by atoms with Crippen LogP contribution in [0.5, 0.6) is 5.75 Å². The molecule has 0 aliphatic heterocycles. The maximum absolute atomic E-state index is 11.2. The fourth-order valence-electron chi connectivity index (χ4n) is 1.96. The lowest BCUT2D eigenvalue weighted by molar-refractivity contribution is -0.140. The molecule has 0 radical (unpaired) electrons. The van der Waals surface area contributed by atoms with Crippen LogP contribution in [0.4, 0.5) is 11.4 Å². The van der Waals surface area contributed by atoms with Crippen molar-refractivity contribution in [2.24, 2.45) is 10.2 Å². The van der Waals surface area contributed by atoms with Gasteiger partial charge in [0.05, 0.1) is 36.2 Å². The van der Waals surface area contributed by atoms with Crippen molar-refractivity contribution >= 4 is 17.3 Å². The zero-order chi connectivity index (χ0) is 20.2. The Hall–Kier alpha value is -3.50. The molecule has 0 aromatic heterocycles. The summed E-state index contributed by atoms with van der Waals surface area (Å²) in [4.78, 5) is 11.2. The zero-order valence-electron chi connectivity index (χ0n) is 15.6. The van der Waals surface area contributed by atoms with Crippen LogP contribution in [0.3, 0.4) is 0 Å². The lowest BCUT2D eigenvalue weighted by Gasteiger charge is -2.08. The number of nitriles is 1. The Bertz CT molecular complexity index is 853. The van der Waals surface area contributed by atoms with Gasteiger partial charge in [0.1, 0.15) is 19.0 Å². The van der Waals surface area contributed by atoms with Crippen molar-refractivity contribution in [1.82, 2.24) is 0 Å². The van der Waals surface area contributed by atoms with E-state index in [0.29, 0.717) is 48.1 Å². The molecule has 0 bridgehead atoms. The number of nitrogens with zero attached hydrogens (tertiary/aromatic N) is 3. The van der Waals surface area contributed by atoms with Crippen molar-refractivity contribution in [3.8, 4) is 11.8 Å². The van der Waals surface area contributed by atoms with Crippen LogP contribution >= 0.6 is 0 Å². The first-order chi connectivity index (χ1) is 13.6. The number of carbonyl (C=O) groups excluding carboxylic acids is 1. The van der Waals surface area contributed by atoms with Gasteiger partial charge in [-0.15, -0.1) is 0 Å². The zero-order valence-corrected chi connectivity index (χ0v) is 15.6. The van der Waals surface area contributed by atoms with E-state index in [9.17, 15) is 4.79 Å². The molecule has 7 nitrogen and oxygen atoms in total. The molecule has 0 N–H and O–H groups in total. The number of carbonyl (C=O) groups is 1. The molecule has 0 aliphatic rings. The topological polar surface area (TPSA) is 93.3 Å². The average molecular weight is 379 g/mol. The van der Waals surface area contributed by atoms with Crippen molar-refractivity contribution in [3.05, 3.63) is 66.2 Å². The van der Waals surface area contributed by atoms with Gasteiger partial charge in [-0.1, -0.05) is 6.58 Å². The van der Waals surface area contributed by atoms with Crippen molar-refractivity contribution in [3.63, 3.8) is 0 Å². The first-order valence-corrected chi connectivity index (χ1v) is 8.63. The van der Waals surface area contributed by atoms with E-state index >= 15 is 0 Å². The number of benzene rings is 2. The fourth-order valence-corrected chi connectivity index (χ4v) is 1.96. The second-order valence-electron chi connectivity index (χ2n) is 5.73. The highest BCUT2D eigenvalue weighted by molar-refractivity contribution is 5.86. The molecular formula is C21H21N3O4. The van der Waals surface area contributed by atoms with Gasteiger partial charge in [0.15, 0.2) is 0 Å². The molecule has 2 aromatic rings. The van der Waals surface area contributed by atoms with Crippen LogP contribution in [0.1, 0.15) is 12.5 Å². The largest absolute Gasteiger partial charge is 0.491 e. The summed E-state index contributed by atoms with van der Waals surface area (Å²) in [5.41, 5.74) is 2.30. The molecule has 0 saturated heterocycles. The molecule has 0 amide bonds. The van der Waals surface area contributed by atoms with Crippen LogP contribution in [0.25, 0.3) is 0 Å². The Morgan fingerprint density at radius 3 is 2.11 bits per heavy atom. The van der Waals surface area contributed by atoms with Gasteiger partial charge in [-0.2, -0.15) is 15.5 Å². The molecular weight excluding hydrogens is 358 g/mol. The minimum Gasteiger partial charge on any atom is -0.491 e. The van der Waals surface area contributed by atoms with Crippen LogP contribution in [0.2, 0.25) is 0 Å². The first kappa shape index (κ1) is 20.8. The Kier molecular flexibility index (Phi) is 8.37.